The first kappa shape index (κ1) is 9.92. The van der Waals surface area contributed by atoms with Crippen LogP contribution in [0.15, 0.2) is 23.1 Å². The zero-order valence-electron chi connectivity index (χ0n) is 6.41. The van der Waals surface area contributed by atoms with Crippen molar-refractivity contribution in [3.63, 3.8) is 0 Å². The van der Waals surface area contributed by atoms with Gasteiger partial charge in [0.2, 0.25) is 0 Å². The fourth-order valence-corrected chi connectivity index (χ4v) is 3.20. The molecule has 1 aromatic carbocycles. The molecule has 0 aliphatic rings. The first-order valence-electron chi connectivity index (χ1n) is 3.21. The van der Waals surface area contributed by atoms with Crippen LogP contribution in [-0.4, -0.2) is 4.21 Å². The van der Waals surface area contributed by atoms with Crippen molar-refractivity contribution < 1.29 is 4.21 Å². The summed E-state index contributed by atoms with van der Waals surface area (Å²) in [6.45, 7) is 1.78. The van der Waals surface area contributed by atoms with E-state index < -0.39 is 8.68 Å². The lowest BCUT2D eigenvalue weighted by Gasteiger charge is -2.06. The zero-order valence-corrected chi connectivity index (χ0v) is 8.80. The Bertz CT molecular complexity index is 380. The fourth-order valence-electron chi connectivity index (χ4n) is 0.977. The van der Waals surface area contributed by atoms with Gasteiger partial charge >= 0.3 is 0 Å². The summed E-state index contributed by atoms with van der Waals surface area (Å²) in [4.78, 5) is 0.377. The molecule has 0 aromatic heterocycles. The second-order valence-corrected chi connectivity index (χ2v) is 5.82. The molecule has 0 aliphatic heterocycles. The van der Waals surface area contributed by atoms with Gasteiger partial charge in [0.25, 0.3) is 0 Å². The van der Waals surface area contributed by atoms with Crippen LogP contribution < -0.4 is 5.14 Å². The molecule has 1 unspecified atom stereocenters. The molecule has 0 amide bonds. The summed E-state index contributed by atoms with van der Waals surface area (Å²) < 4.78 is 11.3. The van der Waals surface area contributed by atoms with Crippen molar-refractivity contribution >= 4 is 31.5 Å². The van der Waals surface area contributed by atoms with E-state index in [0.29, 0.717) is 9.92 Å². The quantitative estimate of drug-likeness (QED) is 0.784. The first-order valence-corrected chi connectivity index (χ1v) is 6.13. The maximum absolute atomic E-state index is 11.3. The van der Waals surface area contributed by atoms with Crippen molar-refractivity contribution in [3.05, 3.63) is 28.8 Å². The van der Waals surface area contributed by atoms with Crippen LogP contribution in [0.5, 0.6) is 0 Å². The normalized spacial score (nSPS) is 15.6. The molecule has 2 nitrogen and oxygen atoms in total. The second kappa shape index (κ2) is 3.30. The molecular formula is C7H8ClNOS2. The third-order valence-corrected chi connectivity index (χ3v) is 3.49. The zero-order chi connectivity index (χ0) is 9.35. The summed E-state index contributed by atoms with van der Waals surface area (Å²) in [5.74, 6) is 0. The lowest BCUT2D eigenvalue weighted by molar-refractivity contribution is 0.682. The summed E-state index contributed by atoms with van der Waals surface area (Å²) in [7, 11) is -2.86. The SMILES string of the molecule is Cc1cccc(Cl)c1S(N)(=O)=S. The average Bonchev–Trinajstić information content (AvgIpc) is 1.82. The molecule has 0 radical (unpaired) electrons. The van der Waals surface area contributed by atoms with Gasteiger partial charge in [0.05, 0.1) is 9.92 Å². The summed E-state index contributed by atoms with van der Waals surface area (Å²) in [6.07, 6.45) is 0. The van der Waals surface area contributed by atoms with Crippen LogP contribution in [-0.2, 0) is 19.9 Å². The third kappa shape index (κ3) is 1.95. The van der Waals surface area contributed by atoms with E-state index in [1.165, 1.54) is 0 Å². The van der Waals surface area contributed by atoms with Gasteiger partial charge < -0.3 is 0 Å². The number of hydrogen-bond donors (Lipinski definition) is 1. The minimum absolute atomic E-state index is 0.373. The Labute approximate surface area is 81.5 Å². The highest BCUT2D eigenvalue weighted by Crippen LogP contribution is 2.23. The summed E-state index contributed by atoms with van der Waals surface area (Å²) >= 11 is 10.4. The lowest BCUT2D eigenvalue weighted by atomic mass is 10.2. The predicted octanol–water partition coefficient (Wildman–Crippen LogP) is 1.63. The van der Waals surface area contributed by atoms with Crippen LogP contribution in [0.4, 0.5) is 0 Å². The summed E-state index contributed by atoms with van der Waals surface area (Å²) in [5.41, 5.74) is 0.769. The molecule has 0 fully saturated rings. The molecule has 0 spiro atoms. The van der Waals surface area contributed by atoms with E-state index in [1.54, 1.807) is 25.1 Å². The highest BCUT2D eigenvalue weighted by molar-refractivity contribution is 8.31. The number of benzene rings is 1. The topological polar surface area (TPSA) is 43.1 Å². The maximum Gasteiger partial charge on any atom is 0.118 e. The van der Waals surface area contributed by atoms with Gasteiger partial charge in [0, 0.05) is 11.2 Å². The van der Waals surface area contributed by atoms with Gasteiger partial charge in [-0.3, -0.25) is 0 Å². The molecule has 66 valence electrons. The van der Waals surface area contributed by atoms with E-state index >= 15 is 0 Å². The summed E-state index contributed by atoms with van der Waals surface area (Å²) in [6, 6.07) is 5.17. The van der Waals surface area contributed by atoms with Gasteiger partial charge in [-0.1, -0.05) is 23.7 Å². The van der Waals surface area contributed by atoms with E-state index in [0.717, 1.165) is 5.56 Å². The fraction of sp³-hybridized carbons (Fsp3) is 0.143. The van der Waals surface area contributed by atoms with E-state index in [-0.39, 0.29) is 0 Å². The Balaban J connectivity index is 3.53. The van der Waals surface area contributed by atoms with Gasteiger partial charge in [0.1, 0.15) is 8.68 Å². The Hall–Kier alpha value is -0.160. The molecule has 1 atom stereocenters. The Morgan fingerprint density at radius 1 is 1.58 bits per heavy atom. The monoisotopic (exact) mass is 221 g/mol. The van der Waals surface area contributed by atoms with Crippen molar-refractivity contribution in [3.8, 4) is 0 Å². The number of rotatable bonds is 1. The van der Waals surface area contributed by atoms with Crippen molar-refractivity contribution in [2.75, 3.05) is 0 Å². The molecule has 1 rings (SSSR count). The smallest absolute Gasteiger partial charge is 0.118 e. The van der Waals surface area contributed by atoms with Crippen molar-refractivity contribution in [1.82, 2.24) is 0 Å². The largest absolute Gasteiger partial charge is 0.247 e. The molecule has 1 aromatic rings. The maximum atomic E-state index is 11.3. The molecule has 12 heavy (non-hydrogen) atoms. The Morgan fingerprint density at radius 3 is 2.50 bits per heavy atom. The van der Waals surface area contributed by atoms with Crippen LogP contribution in [0.2, 0.25) is 5.02 Å². The van der Waals surface area contributed by atoms with E-state index in [1.807, 2.05) is 0 Å². The molecule has 0 heterocycles. The van der Waals surface area contributed by atoms with E-state index in [4.69, 9.17) is 16.7 Å². The minimum Gasteiger partial charge on any atom is -0.247 e. The van der Waals surface area contributed by atoms with Gasteiger partial charge in [-0.25, -0.2) is 9.35 Å². The number of hydrogen-bond acceptors (Lipinski definition) is 2. The minimum atomic E-state index is -2.86. The van der Waals surface area contributed by atoms with Crippen LogP contribution in [0, 0.1) is 6.92 Å². The van der Waals surface area contributed by atoms with Crippen LogP contribution in [0.25, 0.3) is 0 Å². The standard InChI is InChI=1S/C7H8ClNOS2/c1-5-3-2-4-6(8)7(5)12(9,10)11/h2-4H,1H3,(H2,9,10,11). The first-order chi connectivity index (χ1) is 5.43. The third-order valence-electron chi connectivity index (χ3n) is 1.45. The van der Waals surface area contributed by atoms with Crippen LogP contribution >= 0.6 is 11.6 Å². The second-order valence-electron chi connectivity index (χ2n) is 2.43. The molecule has 0 saturated heterocycles. The van der Waals surface area contributed by atoms with Crippen LogP contribution in [0.1, 0.15) is 5.56 Å². The number of halogens is 1. The number of aryl methyl sites for hydroxylation is 1. The highest BCUT2D eigenvalue weighted by Gasteiger charge is 2.11. The number of nitrogens with two attached hydrogens (primary N) is 1. The van der Waals surface area contributed by atoms with Crippen molar-refractivity contribution in [1.29, 1.82) is 0 Å². The predicted molar refractivity (Wildman–Crippen MR) is 54.1 cm³/mol. The van der Waals surface area contributed by atoms with E-state index in [9.17, 15) is 4.21 Å². The molecule has 5 heteroatoms. The van der Waals surface area contributed by atoms with Crippen LogP contribution in [0.3, 0.4) is 0 Å². The highest BCUT2D eigenvalue weighted by atomic mass is 35.5. The van der Waals surface area contributed by atoms with Crippen molar-refractivity contribution in [2.45, 2.75) is 11.8 Å². The molecule has 2 N–H and O–H groups in total. The molecule has 0 aliphatic carbocycles. The lowest BCUT2D eigenvalue weighted by Crippen LogP contribution is -2.12. The molecule has 0 bridgehead atoms. The van der Waals surface area contributed by atoms with Crippen molar-refractivity contribution in [2.24, 2.45) is 5.14 Å². The van der Waals surface area contributed by atoms with Gasteiger partial charge in [-0.05, 0) is 18.6 Å². The van der Waals surface area contributed by atoms with Gasteiger partial charge in [-0.2, -0.15) is 0 Å². The summed E-state index contributed by atoms with van der Waals surface area (Å²) in [5, 5.41) is 5.69. The van der Waals surface area contributed by atoms with Gasteiger partial charge in [0.15, 0.2) is 0 Å². The van der Waals surface area contributed by atoms with E-state index in [2.05, 4.69) is 11.2 Å². The Kier molecular flexibility index (Phi) is 2.73. The molecule has 0 saturated carbocycles. The average molecular weight is 222 g/mol. The molecular weight excluding hydrogens is 214 g/mol. The Morgan fingerprint density at radius 2 is 2.17 bits per heavy atom. The van der Waals surface area contributed by atoms with Gasteiger partial charge in [-0.15, -0.1) is 0 Å².